The zero-order chi connectivity index (χ0) is 14.4. The lowest BCUT2D eigenvalue weighted by Crippen LogP contribution is -2.24. The van der Waals surface area contributed by atoms with Gasteiger partial charge in [0, 0.05) is 12.3 Å². The van der Waals surface area contributed by atoms with Crippen molar-refractivity contribution < 1.29 is 4.63 Å². The number of nitrogens with one attached hydrogen (secondary N) is 1. The lowest BCUT2D eigenvalue weighted by Gasteiger charge is -2.07. The summed E-state index contributed by atoms with van der Waals surface area (Å²) in [5.74, 6) is 1.29. The van der Waals surface area contributed by atoms with Crippen molar-refractivity contribution in [3.63, 3.8) is 0 Å². The van der Waals surface area contributed by atoms with E-state index in [1.165, 1.54) is 11.8 Å². The van der Waals surface area contributed by atoms with Crippen LogP contribution in [0.15, 0.2) is 9.79 Å². The first-order chi connectivity index (χ1) is 9.66. The molecule has 9 heteroatoms. The van der Waals surface area contributed by atoms with Gasteiger partial charge in [-0.05, 0) is 29.8 Å². The summed E-state index contributed by atoms with van der Waals surface area (Å²) >= 11 is 1.53. The van der Waals surface area contributed by atoms with Gasteiger partial charge in [0.05, 0.1) is 6.54 Å². The van der Waals surface area contributed by atoms with Crippen molar-refractivity contribution in [3.8, 4) is 0 Å². The van der Waals surface area contributed by atoms with Crippen LogP contribution in [-0.2, 0) is 12.3 Å². The molecule has 0 aliphatic heterocycles. The third-order valence-electron chi connectivity index (χ3n) is 2.64. The first kappa shape index (κ1) is 14.9. The van der Waals surface area contributed by atoms with Crippen molar-refractivity contribution in [2.24, 2.45) is 5.92 Å². The molecule has 0 atom stereocenters. The molecule has 0 spiro atoms. The predicted octanol–water partition coefficient (Wildman–Crippen LogP) is 0.902. The molecular weight excluding hydrogens is 278 g/mol. The fourth-order valence-electron chi connectivity index (χ4n) is 1.53. The summed E-state index contributed by atoms with van der Waals surface area (Å²) in [4.78, 5) is 0. The molecule has 0 amide bonds. The number of tetrazole rings is 1. The normalized spacial score (nSPS) is 11.4. The third kappa shape index (κ3) is 4.27. The molecule has 0 saturated carbocycles. The van der Waals surface area contributed by atoms with Crippen molar-refractivity contribution in [2.45, 2.75) is 38.2 Å². The highest BCUT2D eigenvalue weighted by Crippen LogP contribution is 2.19. The SMILES string of the molecule is Cc1nonc1CSc1nnnn1CCNCC(C)C. The third-order valence-corrected chi connectivity index (χ3v) is 3.60. The molecule has 0 unspecified atom stereocenters. The smallest absolute Gasteiger partial charge is 0.209 e. The molecule has 0 fully saturated rings. The molecular formula is C11H19N7OS. The van der Waals surface area contributed by atoms with Crippen molar-refractivity contribution in [2.75, 3.05) is 13.1 Å². The summed E-state index contributed by atoms with van der Waals surface area (Å²) in [5.41, 5.74) is 1.62. The number of rotatable bonds is 8. The van der Waals surface area contributed by atoms with Crippen LogP contribution < -0.4 is 5.32 Å². The van der Waals surface area contributed by atoms with Crippen LogP contribution in [0.1, 0.15) is 25.2 Å². The standard InChI is InChI=1S/C11H19N7OS/c1-8(2)6-12-4-5-18-11(13-16-17-18)20-7-10-9(3)14-19-15-10/h8,12H,4-7H2,1-3H3. The van der Waals surface area contributed by atoms with Gasteiger partial charge in [0.25, 0.3) is 0 Å². The Balaban J connectivity index is 1.81. The molecule has 2 aromatic rings. The number of aromatic nitrogens is 6. The topological polar surface area (TPSA) is 94.6 Å². The average molecular weight is 297 g/mol. The Kier molecular flexibility index (Phi) is 5.48. The minimum atomic E-state index is 0.639. The van der Waals surface area contributed by atoms with Crippen LogP contribution in [0.2, 0.25) is 0 Å². The largest absolute Gasteiger partial charge is 0.315 e. The first-order valence-electron chi connectivity index (χ1n) is 6.54. The Morgan fingerprint density at radius 2 is 2.20 bits per heavy atom. The monoisotopic (exact) mass is 297 g/mol. The second kappa shape index (κ2) is 7.34. The number of aryl methyl sites for hydroxylation is 1. The number of hydrogen-bond donors (Lipinski definition) is 1. The van der Waals surface area contributed by atoms with Gasteiger partial charge < -0.3 is 5.32 Å². The van der Waals surface area contributed by atoms with Gasteiger partial charge in [0.2, 0.25) is 5.16 Å². The van der Waals surface area contributed by atoms with Crippen LogP contribution in [0.4, 0.5) is 0 Å². The van der Waals surface area contributed by atoms with Gasteiger partial charge in [-0.2, -0.15) is 0 Å². The summed E-state index contributed by atoms with van der Waals surface area (Å²) in [5, 5.41) is 23.5. The summed E-state index contributed by atoms with van der Waals surface area (Å²) in [6.07, 6.45) is 0. The zero-order valence-corrected chi connectivity index (χ0v) is 12.7. The average Bonchev–Trinajstić information content (AvgIpc) is 3.01. The van der Waals surface area contributed by atoms with Crippen LogP contribution in [0.5, 0.6) is 0 Å². The van der Waals surface area contributed by atoms with E-state index in [0.717, 1.165) is 36.2 Å². The predicted molar refractivity (Wildman–Crippen MR) is 74.1 cm³/mol. The van der Waals surface area contributed by atoms with E-state index in [4.69, 9.17) is 0 Å². The highest BCUT2D eigenvalue weighted by molar-refractivity contribution is 7.98. The summed E-state index contributed by atoms with van der Waals surface area (Å²) in [7, 11) is 0. The Morgan fingerprint density at radius 1 is 1.35 bits per heavy atom. The highest BCUT2D eigenvalue weighted by atomic mass is 32.2. The van der Waals surface area contributed by atoms with E-state index >= 15 is 0 Å². The maximum atomic E-state index is 4.67. The summed E-state index contributed by atoms with van der Waals surface area (Å²) in [6, 6.07) is 0. The highest BCUT2D eigenvalue weighted by Gasteiger charge is 2.10. The Labute approximate surface area is 121 Å². The molecule has 0 saturated heterocycles. The molecule has 110 valence electrons. The molecule has 20 heavy (non-hydrogen) atoms. The van der Waals surface area contributed by atoms with Gasteiger partial charge in [0.1, 0.15) is 11.4 Å². The van der Waals surface area contributed by atoms with Gasteiger partial charge in [-0.3, -0.25) is 0 Å². The van der Waals surface area contributed by atoms with E-state index in [9.17, 15) is 0 Å². The molecule has 0 aliphatic carbocycles. The van der Waals surface area contributed by atoms with Crippen molar-refractivity contribution in [3.05, 3.63) is 11.4 Å². The van der Waals surface area contributed by atoms with Crippen LogP contribution in [-0.4, -0.2) is 43.6 Å². The van der Waals surface area contributed by atoms with E-state index in [0.29, 0.717) is 11.7 Å². The van der Waals surface area contributed by atoms with Crippen LogP contribution in [0.3, 0.4) is 0 Å². The molecule has 2 aromatic heterocycles. The Hall–Kier alpha value is -1.48. The molecule has 0 radical (unpaired) electrons. The Morgan fingerprint density at radius 3 is 2.90 bits per heavy atom. The molecule has 1 N–H and O–H groups in total. The summed E-state index contributed by atoms with van der Waals surface area (Å²) < 4.78 is 6.46. The van der Waals surface area contributed by atoms with E-state index in [-0.39, 0.29) is 0 Å². The second-order valence-electron chi connectivity index (χ2n) is 4.87. The van der Waals surface area contributed by atoms with E-state index in [2.05, 4.69) is 49.6 Å². The zero-order valence-electron chi connectivity index (χ0n) is 11.9. The lowest BCUT2D eigenvalue weighted by molar-refractivity contribution is 0.302. The number of hydrogen-bond acceptors (Lipinski definition) is 8. The maximum absolute atomic E-state index is 4.67. The van der Waals surface area contributed by atoms with Gasteiger partial charge in [-0.1, -0.05) is 35.9 Å². The van der Waals surface area contributed by atoms with Crippen LogP contribution >= 0.6 is 11.8 Å². The molecule has 2 rings (SSSR count). The quantitative estimate of drug-likeness (QED) is 0.567. The van der Waals surface area contributed by atoms with Crippen LogP contribution in [0.25, 0.3) is 0 Å². The molecule has 0 aliphatic rings. The van der Waals surface area contributed by atoms with Gasteiger partial charge in [-0.15, -0.1) is 5.10 Å². The summed E-state index contributed by atoms with van der Waals surface area (Å²) in [6.45, 7) is 8.82. The van der Waals surface area contributed by atoms with E-state index in [1.807, 2.05) is 6.92 Å². The Bertz CT molecular complexity index is 524. The maximum Gasteiger partial charge on any atom is 0.209 e. The molecule has 2 heterocycles. The van der Waals surface area contributed by atoms with Crippen LogP contribution in [0, 0.1) is 12.8 Å². The van der Waals surface area contributed by atoms with E-state index in [1.54, 1.807) is 4.68 Å². The fourth-order valence-corrected chi connectivity index (χ4v) is 2.43. The molecule has 8 nitrogen and oxygen atoms in total. The fraction of sp³-hybridized carbons (Fsp3) is 0.727. The lowest BCUT2D eigenvalue weighted by atomic mass is 10.2. The van der Waals surface area contributed by atoms with Gasteiger partial charge >= 0.3 is 0 Å². The van der Waals surface area contributed by atoms with Crippen molar-refractivity contribution in [1.29, 1.82) is 0 Å². The van der Waals surface area contributed by atoms with E-state index < -0.39 is 0 Å². The molecule has 0 bridgehead atoms. The number of thioether (sulfide) groups is 1. The van der Waals surface area contributed by atoms with Gasteiger partial charge in [-0.25, -0.2) is 9.31 Å². The van der Waals surface area contributed by atoms with Gasteiger partial charge in [0.15, 0.2) is 0 Å². The minimum Gasteiger partial charge on any atom is -0.315 e. The minimum absolute atomic E-state index is 0.639. The second-order valence-corrected chi connectivity index (χ2v) is 5.81. The first-order valence-corrected chi connectivity index (χ1v) is 7.53. The molecule has 0 aromatic carbocycles. The van der Waals surface area contributed by atoms with Crippen molar-refractivity contribution in [1.82, 2.24) is 35.8 Å². The van der Waals surface area contributed by atoms with Crippen molar-refractivity contribution >= 4 is 11.8 Å². The number of nitrogens with zero attached hydrogens (tertiary/aromatic N) is 6.